The smallest absolute Gasteiger partial charge is 0.265 e. The van der Waals surface area contributed by atoms with Crippen LogP contribution in [0.15, 0.2) is 35.7 Å². The number of rotatable bonds is 3. The van der Waals surface area contributed by atoms with Crippen LogP contribution >= 0.6 is 22.9 Å². The monoisotopic (exact) mass is 294 g/mol. The first kappa shape index (κ1) is 13.6. The van der Waals surface area contributed by atoms with Gasteiger partial charge in [-0.05, 0) is 29.6 Å². The van der Waals surface area contributed by atoms with Crippen LogP contribution in [0.5, 0.6) is 0 Å². The lowest BCUT2D eigenvalue weighted by Gasteiger charge is -2.09. The maximum absolute atomic E-state index is 11.9. The first-order chi connectivity index (χ1) is 9.06. The summed E-state index contributed by atoms with van der Waals surface area (Å²) in [7, 11) is 0. The van der Waals surface area contributed by atoms with E-state index in [1.165, 1.54) is 18.3 Å². The number of hydrogen-bond acceptors (Lipinski definition) is 3. The summed E-state index contributed by atoms with van der Waals surface area (Å²) in [4.78, 5) is 23.5. The fourth-order valence-electron chi connectivity index (χ4n) is 1.49. The van der Waals surface area contributed by atoms with Crippen molar-refractivity contribution in [1.82, 2.24) is 0 Å². The third-order valence-corrected chi connectivity index (χ3v) is 3.48. The quantitative estimate of drug-likeness (QED) is 0.908. The van der Waals surface area contributed by atoms with Crippen LogP contribution in [-0.4, -0.2) is 11.8 Å². The van der Waals surface area contributed by atoms with Gasteiger partial charge in [0.05, 0.1) is 15.6 Å². The van der Waals surface area contributed by atoms with Crippen LogP contribution in [0.4, 0.5) is 11.4 Å². The van der Waals surface area contributed by atoms with E-state index in [9.17, 15) is 9.59 Å². The largest absolute Gasteiger partial charge is 0.326 e. The lowest BCUT2D eigenvalue weighted by molar-refractivity contribution is -0.114. The molecule has 0 saturated carbocycles. The topological polar surface area (TPSA) is 58.2 Å². The molecule has 0 atom stereocenters. The molecule has 19 heavy (non-hydrogen) atoms. The molecule has 4 nitrogen and oxygen atoms in total. The van der Waals surface area contributed by atoms with E-state index < -0.39 is 0 Å². The Kier molecular flexibility index (Phi) is 4.19. The molecule has 2 amide bonds. The molecule has 2 N–H and O–H groups in total. The Morgan fingerprint density at radius 2 is 2.00 bits per heavy atom. The summed E-state index contributed by atoms with van der Waals surface area (Å²) in [6.45, 7) is 1.42. The average Bonchev–Trinajstić information content (AvgIpc) is 2.86. The first-order valence-corrected chi connectivity index (χ1v) is 6.74. The van der Waals surface area contributed by atoms with Crippen molar-refractivity contribution in [3.63, 3.8) is 0 Å². The molecule has 0 aliphatic heterocycles. The number of hydrogen-bond donors (Lipinski definition) is 2. The van der Waals surface area contributed by atoms with Gasteiger partial charge in [0, 0.05) is 12.6 Å². The fraction of sp³-hybridized carbons (Fsp3) is 0.0769. The van der Waals surface area contributed by atoms with E-state index in [0.717, 1.165) is 0 Å². The van der Waals surface area contributed by atoms with Gasteiger partial charge >= 0.3 is 0 Å². The number of carbonyl (C=O) groups excluding carboxylic acids is 2. The Morgan fingerprint density at radius 1 is 1.21 bits per heavy atom. The number of benzene rings is 1. The predicted molar refractivity (Wildman–Crippen MR) is 78.0 cm³/mol. The zero-order valence-corrected chi connectivity index (χ0v) is 11.6. The molecule has 0 bridgehead atoms. The summed E-state index contributed by atoms with van der Waals surface area (Å²) in [5.41, 5.74) is 1.05. The Bertz CT molecular complexity index is 611. The van der Waals surface area contributed by atoms with Gasteiger partial charge in [-0.15, -0.1) is 11.3 Å². The Hall–Kier alpha value is -1.85. The Balaban J connectivity index is 2.19. The van der Waals surface area contributed by atoms with Crippen molar-refractivity contribution in [3.05, 3.63) is 45.6 Å². The van der Waals surface area contributed by atoms with Crippen LogP contribution in [0.1, 0.15) is 16.6 Å². The molecule has 0 aliphatic rings. The minimum absolute atomic E-state index is 0.183. The minimum Gasteiger partial charge on any atom is -0.326 e. The number of thiophene rings is 1. The molecule has 0 fully saturated rings. The first-order valence-electron chi connectivity index (χ1n) is 5.48. The highest BCUT2D eigenvalue weighted by Crippen LogP contribution is 2.26. The lowest BCUT2D eigenvalue weighted by atomic mass is 10.2. The molecule has 0 spiro atoms. The second-order valence-electron chi connectivity index (χ2n) is 3.81. The van der Waals surface area contributed by atoms with E-state index in [4.69, 9.17) is 11.6 Å². The van der Waals surface area contributed by atoms with Crippen LogP contribution in [-0.2, 0) is 4.79 Å². The molecule has 6 heteroatoms. The molecule has 1 aromatic carbocycles. The van der Waals surface area contributed by atoms with Crippen LogP contribution in [0.25, 0.3) is 0 Å². The Morgan fingerprint density at radius 3 is 2.63 bits per heavy atom. The maximum atomic E-state index is 11.9. The normalized spacial score (nSPS) is 10.0. The highest BCUT2D eigenvalue weighted by Gasteiger charge is 2.10. The van der Waals surface area contributed by atoms with E-state index in [-0.39, 0.29) is 11.8 Å². The number of anilines is 2. The molecular formula is C13H11ClN2O2S. The van der Waals surface area contributed by atoms with Crippen molar-refractivity contribution in [2.75, 3.05) is 10.6 Å². The van der Waals surface area contributed by atoms with E-state index in [0.29, 0.717) is 21.3 Å². The minimum atomic E-state index is -0.225. The van der Waals surface area contributed by atoms with Crippen molar-refractivity contribution >= 4 is 46.1 Å². The van der Waals surface area contributed by atoms with E-state index >= 15 is 0 Å². The molecule has 0 radical (unpaired) electrons. The van der Waals surface area contributed by atoms with Crippen molar-refractivity contribution in [2.24, 2.45) is 0 Å². The van der Waals surface area contributed by atoms with Gasteiger partial charge in [-0.1, -0.05) is 17.7 Å². The molecule has 1 aromatic heterocycles. The third-order valence-electron chi connectivity index (χ3n) is 2.28. The van der Waals surface area contributed by atoms with Crippen molar-refractivity contribution < 1.29 is 9.59 Å². The summed E-state index contributed by atoms with van der Waals surface area (Å²) >= 11 is 7.36. The van der Waals surface area contributed by atoms with Crippen LogP contribution < -0.4 is 10.6 Å². The van der Waals surface area contributed by atoms with Crippen LogP contribution in [0, 0.1) is 0 Å². The molecule has 1 heterocycles. The summed E-state index contributed by atoms with van der Waals surface area (Å²) in [6, 6.07) is 8.44. The van der Waals surface area contributed by atoms with Crippen molar-refractivity contribution in [2.45, 2.75) is 6.92 Å². The third kappa shape index (κ3) is 3.56. The summed E-state index contributed by atoms with van der Waals surface area (Å²) in [5.74, 6) is -0.408. The highest BCUT2D eigenvalue weighted by molar-refractivity contribution is 7.12. The number of amides is 2. The van der Waals surface area contributed by atoms with Gasteiger partial charge in [0.15, 0.2) is 0 Å². The average molecular weight is 295 g/mol. The molecule has 2 rings (SSSR count). The second-order valence-corrected chi connectivity index (χ2v) is 5.16. The van der Waals surface area contributed by atoms with Crippen LogP contribution in [0.2, 0.25) is 5.02 Å². The molecule has 98 valence electrons. The van der Waals surface area contributed by atoms with Gasteiger partial charge in [-0.25, -0.2) is 0 Å². The zero-order valence-electron chi connectivity index (χ0n) is 10.1. The Labute approximate surface area is 119 Å². The molecule has 2 aromatic rings. The predicted octanol–water partition coefficient (Wildman–Crippen LogP) is 3.61. The van der Waals surface area contributed by atoms with Gasteiger partial charge in [0.2, 0.25) is 5.91 Å². The fourth-order valence-corrected chi connectivity index (χ4v) is 2.28. The van der Waals surface area contributed by atoms with E-state index in [1.54, 1.807) is 30.3 Å². The van der Waals surface area contributed by atoms with Gasteiger partial charge in [0.1, 0.15) is 0 Å². The van der Waals surface area contributed by atoms with E-state index in [2.05, 4.69) is 10.6 Å². The SMILES string of the molecule is CC(=O)Nc1ccc(Cl)c(NC(=O)c2cccs2)c1. The van der Waals surface area contributed by atoms with Gasteiger partial charge < -0.3 is 10.6 Å². The standard InChI is InChI=1S/C13H11ClN2O2S/c1-8(17)15-9-4-5-10(14)11(7-9)16-13(18)12-3-2-6-19-12/h2-7H,1H3,(H,15,17)(H,16,18). The maximum Gasteiger partial charge on any atom is 0.265 e. The number of halogens is 1. The zero-order chi connectivity index (χ0) is 13.8. The molecular weight excluding hydrogens is 284 g/mol. The van der Waals surface area contributed by atoms with E-state index in [1.807, 2.05) is 5.38 Å². The molecule has 0 aliphatic carbocycles. The van der Waals surface area contributed by atoms with Gasteiger partial charge in [0.25, 0.3) is 5.91 Å². The summed E-state index contributed by atoms with van der Waals surface area (Å²) < 4.78 is 0. The number of nitrogens with one attached hydrogen (secondary N) is 2. The van der Waals surface area contributed by atoms with Gasteiger partial charge in [-0.3, -0.25) is 9.59 Å². The van der Waals surface area contributed by atoms with Crippen molar-refractivity contribution in [1.29, 1.82) is 0 Å². The second kappa shape index (κ2) is 5.86. The summed E-state index contributed by atoms with van der Waals surface area (Å²) in [5, 5.41) is 7.59. The summed E-state index contributed by atoms with van der Waals surface area (Å²) in [6.07, 6.45) is 0. The lowest BCUT2D eigenvalue weighted by Crippen LogP contribution is -2.11. The van der Waals surface area contributed by atoms with Crippen LogP contribution in [0.3, 0.4) is 0 Å². The molecule has 0 unspecified atom stereocenters. The van der Waals surface area contributed by atoms with Gasteiger partial charge in [-0.2, -0.15) is 0 Å². The highest BCUT2D eigenvalue weighted by atomic mass is 35.5. The number of carbonyl (C=O) groups is 2. The van der Waals surface area contributed by atoms with Crippen molar-refractivity contribution in [3.8, 4) is 0 Å². The molecule has 0 saturated heterocycles.